The molecular formula is C35H36ClF3N10O8. The van der Waals surface area contributed by atoms with Crippen LogP contribution in [-0.2, 0) is 22.8 Å². The van der Waals surface area contributed by atoms with Crippen LogP contribution >= 0.6 is 11.6 Å². The molecule has 2 aliphatic heterocycles. The molecule has 302 valence electrons. The zero-order valence-corrected chi connectivity index (χ0v) is 31.6. The third kappa shape index (κ3) is 8.68. The van der Waals surface area contributed by atoms with Crippen LogP contribution in [-0.4, -0.2) is 123 Å². The van der Waals surface area contributed by atoms with E-state index in [1.54, 1.807) is 20.8 Å². The highest BCUT2D eigenvalue weighted by atomic mass is 35.5. The molecule has 0 unspecified atom stereocenters. The zero-order chi connectivity index (χ0) is 41.6. The van der Waals surface area contributed by atoms with E-state index in [2.05, 4.69) is 20.4 Å². The number of aliphatic hydroxyl groups excluding tert-OH is 1. The number of carbonyl (C=O) groups excluding carboxylic acids is 4. The van der Waals surface area contributed by atoms with E-state index >= 15 is 0 Å². The van der Waals surface area contributed by atoms with Crippen LogP contribution in [0.5, 0.6) is 0 Å². The molecule has 6 rings (SSSR count). The lowest BCUT2D eigenvalue weighted by atomic mass is 10.1. The van der Waals surface area contributed by atoms with E-state index in [-0.39, 0.29) is 84.3 Å². The maximum absolute atomic E-state index is 14.1. The van der Waals surface area contributed by atoms with Gasteiger partial charge in [-0.2, -0.15) is 18.3 Å². The maximum atomic E-state index is 14.1. The molecule has 0 radical (unpaired) electrons. The number of halogens is 4. The molecule has 2 atom stereocenters. The van der Waals surface area contributed by atoms with Crippen molar-refractivity contribution in [3.8, 4) is 17.1 Å². The van der Waals surface area contributed by atoms with Gasteiger partial charge in [-0.3, -0.25) is 29.4 Å². The van der Waals surface area contributed by atoms with E-state index in [4.69, 9.17) is 16.3 Å². The van der Waals surface area contributed by atoms with E-state index in [0.717, 1.165) is 40.0 Å². The van der Waals surface area contributed by atoms with Gasteiger partial charge in [0, 0.05) is 57.6 Å². The number of pyridine rings is 1. The highest BCUT2D eigenvalue weighted by Gasteiger charge is 2.43. The van der Waals surface area contributed by atoms with Crippen LogP contribution in [0.15, 0.2) is 48.9 Å². The number of aliphatic hydroxyl groups is 1. The summed E-state index contributed by atoms with van der Waals surface area (Å²) in [7, 11) is 1.33. The summed E-state index contributed by atoms with van der Waals surface area (Å²) in [6.45, 7) is 5.69. The van der Waals surface area contributed by atoms with Gasteiger partial charge in [-0.15, -0.1) is 0 Å². The average molecular weight is 817 g/mol. The van der Waals surface area contributed by atoms with Gasteiger partial charge >= 0.3 is 12.3 Å². The Labute approximate surface area is 326 Å². The number of amides is 4. The lowest BCUT2D eigenvalue weighted by Crippen LogP contribution is -2.55. The fraction of sp³-hybridized carbons (Fsp3) is 0.400. The normalized spacial score (nSPS) is 17.5. The second-order valence-corrected chi connectivity index (χ2v) is 14.7. The number of likely N-dealkylation sites (tertiary alicyclic amines) is 1. The van der Waals surface area contributed by atoms with Crippen molar-refractivity contribution in [1.29, 1.82) is 0 Å². The molecule has 0 spiro atoms. The number of anilines is 1. The largest absolute Gasteiger partial charge is 0.444 e. The molecule has 5 heterocycles. The van der Waals surface area contributed by atoms with E-state index in [0.29, 0.717) is 0 Å². The summed E-state index contributed by atoms with van der Waals surface area (Å²) >= 11 is 6.48. The van der Waals surface area contributed by atoms with Crippen molar-refractivity contribution < 1.29 is 47.1 Å². The molecule has 1 aromatic carbocycles. The van der Waals surface area contributed by atoms with Crippen LogP contribution in [0.4, 0.5) is 29.3 Å². The Morgan fingerprint density at radius 2 is 1.70 bits per heavy atom. The second kappa shape index (κ2) is 15.4. The minimum absolute atomic E-state index is 0.00753. The first-order valence-electron chi connectivity index (χ1n) is 17.4. The van der Waals surface area contributed by atoms with Gasteiger partial charge < -0.3 is 29.5 Å². The Bertz CT molecular complexity index is 2230. The van der Waals surface area contributed by atoms with Crippen molar-refractivity contribution in [3.05, 3.63) is 81.1 Å². The molecule has 22 heteroatoms. The first-order chi connectivity index (χ1) is 26.7. The van der Waals surface area contributed by atoms with Crippen molar-refractivity contribution in [3.63, 3.8) is 0 Å². The molecule has 18 nitrogen and oxygen atoms in total. The van der Waals surface area contributed by atoms with Crippen molar-refractivity contribution in [2.75, 3.05) is 38.0 Å². The van der Waals surface area contributed by atoms with Gasteiger partial charge in [0.1, 0.15) is 17.8 Å². The molecule has 4 aromatic rings. The first kappa shape index (κ1) is 40.6. The SMILES string of the molecule is Cn1c(-c2cn(-c3ccc([N+](=O)[O-])cn3)nc2C(F)(F)F)cnc1C(=O)Nc1ccc(C(=O)N2CCN(C(=O)[C@@H]3C[C@@H](O)CN3C(=O)OC(C)(C)C)CC2)c(Cl)c1. The lowest BCUT2D eigenvalue weighted by Gasteiger charge is -2.37. The topological polar surface area (TPSA) is 211 Å². The van der Waals surface area contributed by atoms with Gasteiger partial charge in [-0.25, -0.2) is 19.4 Å². The molecule has 3 aromatic heterocycles. The van der Waals surface area contributed by atoms with Crippen LogP contribution in [0.3, 0.4) is 0 Å². The monoisotopic (exact) mass is 816 g/mol. The van der Waals surface area contributed by atoms with Crippen molar-refractivity contribution in [1.82, 2.24) is 39.0 Å². The highest BCUT2D eigenvalue weighted by Crippen LogP contribution is 2.37. The number of rotatable bonds is 7. The number of imidazole rings is 1. The lowest BCUT2D eigenvalue weighted by molar-refractivity contribution is -0.385. The summed E-state index contributed by atoms with van der Waals surface area (Å²) in [6.07, 6.45) is -3.50. The average Bonchev–Trinajstić information content (AvgIpc) is 3.87. The molecule has 0 bridgehead atoms. The molecule has 2 N–H and O–H groups in total. The fourth-order valence-electron chi connectivity index (χ4n) is 6.42. The summed E-state index contributed by atoms with van der Waals surface area (Å²) in [5.41, 5.74) is -2.76. The van der Waals surface area contributed by atoms with Crippen molar-refractivity contribution in [2.45, 2.75) is 51.1 Å². The number of hydrogen-bond acceptors (Lipinski definition) is 11. The second-order valence-electron chi connectivity index (χ2n) is 14.3. The number of hydrogen-bond donors (Lipinski definition) is 2. The number of aromatic nitrogens is 5. The number of piperazine rings is 1. The standard InChI is InChI=1S/C35H36ClF3N10O8/c1-34(2,3)57-33(54)47-17-21(50)14-25(47)32(53)46-11-9-45(10-12-46)31(52)22-7-5-19(13-24(22)36)42-30(51)29-41-16-26(44(29)4)23-18-48(43-28(23)35(37,38)39)27-8-6-20(15-40-27)49(55)56/h5-8,13,15-16,18,21,25,50H,9-12,14,17H2,1-4H3,(H,42,51)/t21-,25+/m1/s1. The molecular weight excluding hydrogens is 781 g/mol. The van der Waals surface area contributed by atoms with E-state index in [9.17, 15) is 47.6 Å². The molecule has 2 saturated heterocycles. The summed E-state index contributed by atoms with van der Waals surface area (Å²) in [5.74, 6) is -2.00. The molecule has 0 aliphatic carbocycles. The molecule has 0 saturated carbocycles. The van der Waals surface area contributed by atoms with Gasteiger partial charge in [0.25, 0.3) is 17.5 Å². The molecule has 2 fully saturated rings. The quantitative estimate of drug-likeness (QED) is 0.200. The van der Waals surface area contributed by atoms with Crippen LogP contribution in [0.1, 0.15) is 53.9 Å². The zero-order valence-electron chi connectivity index (χ0n) is 30.9. The first-order valence-corrected chi connectivity index (χ1v) is 17.8. The number of alkyl halides is 3. The smallest absolute Gasteiger partial charge is 0.435 e. The van der Waals surface area contributed by atoms with Crippen molar-refractivity contribution in [2.24, 2.45) is 7.05 Å². The van der Waals surface area contributed by atoms with Gasteiger partial charge in [0.2, 0.25) is 5.91 Å². The number of ether oxygens (including phenoxy) is 1. The number of β-amino-alcohol motifs (C(OH)–C–C–N with tert-alkyl or cyclic N) is 1. The Morgan fingerprint density at radius 1 is 1.02 bits per heavy atom. The summed E-state index contributed by atoms with van der Waals surface area (Å²) in [5, 5.41) is 27.4. The van der Waals surface area contributed by atoms with E-state index in [1.165, 1.54) is 39.9 Å². The van der Waals surface area contributed by atoms with Crippen LogP contribution < -0.4 is 5.32 Å². The van der Waals surface area contributed by atoms with Crippen LogP contribution in [0.25, 0.3) is 17.1 Å². The number of nitrogens with one attached hydrogen (secondary N) is 1. The number of nitro groups is 1. The molecule has 4 amide bonds. The minimum atomic E-state index is -4.93. The third-order valence-corrected chi connectivity index (χ3v) is 9.47. The molecule has 57 heavy (non-hydrogen) atoms. The number of carbonyl (C=O) groups is 4. The van der Waals surface area contributed by atoms with Crippen LogP contribution in [0.2, 0.25) is 5.02 Å². The summed E-state index contributed by atoms with van der Waals surface area (Å²) in [6, 6.07) is 5.44. The maximum Gasteiger partial charge on any atom is 0.435 e. The Hall–Kier alpha value is -6.09. The van der Waals surface area contributed by atoms with Gasteiger partial charge in [-0.1, -0.05) is 11.6 Å². The van der Waals surface area contributed by atoms with Gasteiger partial charge in [0.05, 0.1) is 45.6 Å². The molecule has 2 aliphatic rings. The van der Waals surface area contributed by atoms with E-state index in [1.807, 2.05) is 0 Å². The fourth-order valence-corrected chi connectivity index (χ4v) is 6.68. The number of nitrogens with zero attached hydrogens (tertiary/aromatic N) is 9. The Balaban J connectivity index is 1.10. The number of benzene rings is 1. The van der Waals surface area contributed by atoms with E-state index < -0.39 is 58.0 Å². The van der Waals surface area contributed by atoms with Crippen LogP contribution in [0, 0.1) is 10.1 Å². The summed E-state index contributed by atoms with van der Waals surface area (Å²) in [4.78, 5) is 75.3. The summed E-state index contributed by atoms with van der Waals surface area (Å²) < 4.78 is 49.6. The van der Waals surface area contributed by atoms with Crippen molar-refractivity contribution >= 4 is 46.8 Å². The predicted octanol–water partition coefficient (Wildman–Crippen LogP) is 4.16. The highest BCUT2D eigenvalue weighted by molar-refractivity contribution is 6.34. The third-order valence-electron chi connectivity index (χ3n) is 9.16. The predicted molar refractivity (Wildman–Crippen MR) is 194 cm³/mol. The Kier molecular flexibility index (Phi) is 11.0. The van der Waals surface area contributed by atoms with Gasteiger partial charge in [0.15, 0.2) is 17.3 Å². The minimum Gasteiger partial charge on any atom is -0.444 e. The van der Waals surface area contributed by atoms with Gasteiger partial charge in [-0.05, 0) is 45.0 Å². The Morgan fingerprint density at radius 3 is 2.30 bits per heavy atom.